The molecule has 2 aliphatic heterocycles. The fraction of sp³-hybridized carbons (Fsp3) is 0.722. The van der Waals surface area contributed by atoms with Crippen molar-refractivity contribution in [1.82, 2.24) is 9.55 Å². The van der Waals surface area contributed by atoms with E-state index in [1.54, 1.807) is 20.8 Å². The van der Waals surface area contributed by atoms with Crippen molar-refractivity contribution >= 4 is 13.8 Å². The number of hydrogen-bond acceptors (Lipinski definition) is 10. The smallest absolute Gasteiger partial charge is 0.463 e. The summed E-state index contributed by atoms with van der Waals surface area (Å²) in [6.45, 7) is 6.18. The van der Waals surface area contributed by atoms with Gasteiger partial charge in [-0.1, -0.05) is 6.92 Å². The summed E-state index contributed by atoms with van der Waals surface area (Å²) in [6.07, 6.45) is -2.01. The average Bonchev–Trinajstić information content (AvgIpc) is 2.91. The SMILES string of the molecule is CC(C)OC(=O)C(C)CCOP1(=O)OC[C@H]2O[C@@H](n3ccc(=O)[nH]c3=O)[C@](C)(O)[C@@H]2O1. The van der Waals surface area contributed by atoms with Gasteiger partial charge in [-0.05, 0) is 27.2 Å². The first kappa shape index (κ1) is 23.8. The Morgan fingerprint density at radius 1 is 1.42 bits per heavy atom. The molecule has 2 aliphatic rings. The van der Waals surface area contributed by atoms with Gasteiger partial charge in [-0.15, -0.1) is 0 Å². The van der Waals surface area contributed by atoms with Gasteiger partial charge in [0.1, 0.15) is 17.8 Å². The summed E-state index contributed by atoms with van der Waals surface area (Å²) in [6, 6.07) is 1.11. The highest BCUT2D eigenvalue weighted by atomic mass is 31.2. The van der Waals surface area contributed by atoms with E-state index in [4.69, 9.17) is 23.0 Å². The zero-order chi connectivity index (χ0) is 23.0. The Morgan fingerprint density at radius 2 is 2.13 bits per heavy atom. The van der Waals surface area contributed by atoms with E-state index in [1.807, 2.05) is 0 Å². The normalized spacial score (nSPS) is 33.8. The number of rotatable bonds is 7. The molecule has 6 atom stereocenters. The number of H-pyrrole nitrogens is 1. The first-order valence-corrected chi connectivity index (χ1v) is 11.4. The van der Waals surface area contributed by atoms with Gasteiger partial charge in [-0.25, -0.2) is 9.36 Å². The molecule has 174 valence electrons. The quantitative estimate of drug-likeness (QED) is 0.437. The number of carbonyl (C=O) groups excluding carboxylic acids is 1. The molecule has 0 aliphatic carbocycles. The second-order valence-corrected chi connectivity index (χ2v) is 9.67. The number of nitrogens with one attached hydrogen (secondary N) is 1. The Bertz CT molecular complexity index is 971. The largest absolute Gasteiger partial charge is 0.475 e. The average molecular weight is 462 g/mol. The molecule has 0 aromatic carbocycles. The van der Waals surface area contributed by atoms with Crippen LogP contribution in [0.4, 0.5) is 0 Å². The van der Waals surface area contributed by atoms with Crippen LogP contribution in [0.1, 0.15) is 40.3 Å². The standard InChI is InChI=1S/C18H27N2O10P/c1-10(2)28-15(22)11(3)6-8-26-31(25)27-9-12-14(30-31)18(4,24)16(29-12)20-7-5-13(21)19-17(20)23/h5,7,10-12,14,16,24H,6,8-9H2,1-4H3,(H,19,21,23)/t11?,12-,14-,16-,18-,31?/m1/s1. The molecule has 0 amide bonds. The maximum atomic E-state index is 12.9. The fourth-order valence-electron chi connectivity index (χ4n) is 3.36. The lowest BCUT2D eigenvalue weighted by atomic mass is 9.96. The first-order chi connectivity index (χ1) is 14.4. The van der Waals surface area contributed by atoms with E-state index >= 15 is 0 Å². The predicted molar refractivity (Wildman–Crippen MR) is 105 cm³/mol. The van der Waals surface area contributed by atoms with Crippen LogP contribution in [-0.4, -0.2) is 57.8 Å². The van der Waals surface area contributed by atoms with E-state index in [0.29, 0.717) is 0 Å². The lowest BCUT2D eigenvalue weighted by Crippen LogP contribution is -2.49. The molecule has 13 heteroatoms. The van der Waals surface area contributed by atoms with Crippen LogP contribution in [0.15, 0.2) is 21.9 Å². The summed E-state index contributed by atoms with van der Waals surface area (Å²) in [4.78, 5) is 37.3. The molecule has 31 heavy (non-hydrogen) atoms. The molecule has 3 rings (SSSR count). The number of aliphatic hydroxyl groups is 1. The van der Waals surface area contributed by atoms with Gasteiger partial charge < -0.3 is 14.6 Å². The molecule has 0 radical (unpaired) electrons. The van der Waals surface area contributed by atoms with E-state index in [0.717, 1.165) is 10.6 Å². The van der Waals surface area contributed by atoms with E-state index in [2.05, 4.69) is 4.98 Å². The molecular formula is C18H27N2O10P. The van der Waals surface area contributed by atoms with Crippen molar-refractivity contribution in [2.75, 3.05) is 13.2 Å². The van der Waals surface area contributed by atoms with E-state index in [9.17, 15) is 24.1 Å². The molecule has 2 saturated heterocycles. The topological polar surface area (TPSA) is 155 Å². The van der Waals surface area contributed by atoms with Crippen LogP contribution in [0.25, 0.3) is 0 Å². The van der Waals surface area contributed by atoms with Crippen LogP contribution < -0.4 is 11.2 Å². The van der Waals surface area contributed by atoms with E-state index in [1.165, 1.54) is 13.1 Å². The molecule has 0 bridgehead atoms. The summed E-state index contributed by atoms with van der Waals surface area (Å²) >= 11 is 0. The minimum Gasteiger partial charge on any atom is -0.463 e. The van der Waals surface area contributed by atoms with E-state index < -0.39 is 55.0 Å². The van der Waals surface area contributed by atoms with Crippen molar-refractivity contribution in [3.05, 3.63) is 33.1 Å². The predicted octanol–water partition coefficient (Wildman–Crippen LogP) is 0.703. The third-order valence-corrected chi connectivity index (χ3v) is 6.46. The number of carbonyl (C=O) groups is 1. The van der Waals surface area contributed by atoms with Crippen molar-refractivity contribution < 1.29 is 37.5 Å². The number of aromatic nitrogens is 2. The number of nitrogens with zero attached hydrogens (tertiary/aromatic N) is 1. The van der Waals surface area contributed by atoms with Crippen molar-refractivity contribution in [2.45, 2.75) is 64.3 Å². The molecule has 2 fully saturated rings. The van der Waals surface area contributed by atoms with Gasteiger partial charge in [0, 0.05) is 12.3 Å². The third kappa shape index (κ3) is 5.16. The van der Waals surface area contributed by atoms with Crippen molar-refractivity contribution in [3.8, 4) is 0 Å². The minimum atomic E-state index is -4.05. The van der Waals surface area contributed by atoms with Crippen molar-refractivity contribution in [2.24, 2.45) is 5.92 Å². The zero-order valence-electron chi connectivity index (χ0n) is 17.7. The summed E-state index contributed by atoms with van der Waals surface area (Å²) in [7, 11) is -4.05. The van der Waals surface area contributed by atoms with Crippen LogP contribution in [0, 0.1) is 5.92 Å². The molecule has 0 spiro atoms. The minimum absolute atomic E-state index is 0.102. The summed E-state index contributed by atoms with van der Waals surface area (Å²) in [5, 5.41) is 11.0. The van der Waals surface area contributed by atoms with E-state index in [-0.39, 0.29) is 25.7 Å². The van der Waals surface area contributed by atoms with Crippen LogP contribution in [0.2, 0.25) is 0 Å². The molecule has 0 saturated carbocycles. The van der Waals surface area contributed by atoms with Crippen LogP contribution in [0.5, 0.6) is 0 Å². The first-order valence-electron chi connectivity index (χ1n) is 9.90. The van der Waals surface area contributed by atoms with Crippen LogP contribution >= 0.6 is 7.82 Å². The fourth-order valence-corrected chi connectivity index (χ4v) is 4.84. The monoisotopic (exact) mass is 462 g/mol. The third-order valence-electron chi connectivity index (χ3n) is 5.02. The molecule has 2 unspecified atom stereocenters. The number of ether oxygens (including phenoxy) is 2. The van der Waals surface area contributed by atoms with Gasteiger partial charge >= 0.3 is 19.5 Å². The molecule has 12 nitrogen and oxygen atoms in total. The number of hydrogen-bond donors (Lipinski definition) is 2. The maximum absolute atomic E-state index is 12.9. The van der Waals surface area contributed by atoms with Gasteiger partial charge in [0.25, 0.3) is 5.56 Å². The summed E-state index contributed by atoms with van der Waals surface area (Å²) in [5.41, 5.74) is -3.16. The molecule has 2 N–H and O–H groups in total. The lowest BCUT2D eigenvalue weighted by Gasteiger charge is -2.35. The van der Waals surface area contributed by atoms with Crippen LogP contribution in [0.3, 0.4) is 0 Å². The number of fused-ring (bicyclic) bond motifs is 1. The Morgan fingerprint density at radius 3 is 2.77 bits per heavy atom. The highest BCUT2D eigenvalue weighted by molar-refractivity contribution is 7.48. The summed E-state index contributed by atoms with van der Waals surface area (Å²) < 4.78 is 40.7. The zero-order valence-corrected chi connectivity index (χ0v) is 18.6. The molecule has 1 aromatic rings. The summed E-state index contributed by atoms with van der Waals surface area (Å²) in [5.74, 6) is -0.885. The second kappa shape index (κ2) is 8.97. The van der Waals surface area contributed by atoms with Gasteiger partial charge in [0.15, 0.2) is 6.23 Å². The Balaban J connectivity index is 1.65. The Hall–Kier alpha value is -1.82. The van der Waals surface area contributed by atoms with Gasteiger partial charge in [0.05, 0.1) is 25.2 Å². The Labute approximate surface area is 178 Å². The maximum Gasteiger partial charge on any atom is 0.475 e. The Kier molecular flexibility index (Phi) is 6.90. The highest BCUT2D eigenvalue weighted by Crippen LogP contribution is 2.58. The highest BCUT2D eigenvalue weighted by Gasteiger charge is 2.60. The molecular weight excluding hydrogens is 435 g/mol. The van der Waals surface area contributed by atoms with Gasteiger partial charge in [-0.3, -0.25) is 32.7 Å². The van der Waals surface area contributed by atoms with Crippen molar-refractivity contribution in [3.63, 3.8) is 0 Å². The second-order valence-electron chi connectivity index (χ2n) is 8.05. The lowest BCUT2D eigenvalue weighted by molar-refractivity contribution is -0.152. The number of phosphoric ester groups is 1. The molecule has 3 heterocycles. The number of phosphoric acid groups is 1. The number of aromatic amines is 1. The van der Waals surface area contributed by atoms with Gasteiger partial charge in [0.2, 0.25) is 0 Å². The van der Waals surface area contributed by atoms with Crippen molar-refractivity contribution in [1.29, 1.82) is 0 Å². The van der Waals surface area contributed by atoms with Crippen LogP contribution in [-0.2, 0) is 32.4 Å². The molecule has 1 aromatic heterocycles. The number of esters is 1. The van der Waals surface area contributed by atoms with Gasteiger partial charge in [-0.2, -0.15) is 0 Å².